The molecule has 0 spiro atoms. The molecule has 214 valence electrons. The van der Waals surface area contributed by atoms with Crippen LogP contribution in [0.25, 0.3) is 11.0 Å². The standard InChI is InChI=1S/C24H21F2N3O9S2.Na.H/c1-35-20-9-10-27-18(22(20)36-2)13-39(32)24-28-17-8-5-15(38-23(25)26)11-19(17)29(24)40(33,34)16-6-3-14(4-7-16)37-12-21(30)31;;/h3-11,23H,12-13H2,1-2H3,(H,30,31);;/q;+1;-1. The van der Waals surface area contributed by atoms with Gasteiger partial charge in [-0.1, -0.05) is 0 Å². The summed E-state index contributed by atoms with van der Waals surface area (Å²) in [4.78, 5) is 18.9. The van der Waals surface area contributed by atoms with Gasteiger partial charge < -0.3 is 25.5 Å². The number of rotatable bonds is 12. The Bertz CT molecular complexity index is 1690. The number of carbonyl (C=O) groups is 1. The second-order valence-electron chi connectivity index (χ2n) is 7.83. The van der Waals surface area contributed by atoms with Gasteiger partial charge in [0.05, 0.1) is 52.4 Å². The summed E-state index contributed by atoms with van der Waals surface area (Å²) >= 11 is 0. The summed E-state index contributed by atoms with van der Waals surface area (Å²) in [5.41, 5.74) is 0.0663. The molecule has 0 aliphatic rings. The Kier molecular flexibility index (Phi) is 10.7. The first-order valence-electron chi connectivity index (χ1n) is 11.2. The number of fused-ring (bicyclic) bond motifs is 1. The second-order valence-corrected chi connectivity index (χ2v) is 11.0. The average molecular weight is 622 g/mol. The SMILES string of the molecule is COc1ccnc(CS(=O)c2nc3ccc(OC(F)F)cc3n2S(=O)(=O)c2ccc(OCC(=O)O)cc2)c1OC.[H-].[Na+]. The Morgan fingerprint density at radius 1 is 1.10 bits per heavy atom. The third kappa shape index (κ3) is 7.13. The topological polar surface area (TPSA) is 156 Å². The number of imidazole rings is 1. The molecule has 0 saturated heterocycles. The van der Waals surface area contributed by atoms with Crippen LogP contribution in [-0.2, 0) is 31.4 Å². The maximum Gasteiger partial charge on any atom is 1.00 e. The van der Waals surface area contributed by atoms with Gasteiger partial charge in [-0.3, -0.25) is 9.19 Å². The van der Waals surface area contributed by atoms with Crippen molar-refractivity contribution in [3.63, 3.8) is 0 Å². The summed E-state index contributed by atoms with van der Waals surface area (Å²) in [6, 6.07) is 9.78. The van der Waals surface area contributed by atoms with Crippen LogP contribution in [0.15, 0.2) is 64.8 Å². The third-order valence-corrected chi connectivity index (χ3v) is 8.39. The van der Waals surface area contributed by atoms with E-state index in [9.17, 15) is 26.2 Å². The van der Waals surface area contributed by atoms with Crippen molar-refractivity contribution >= 4 is 37.8 Å². The average Bonchev–Trinajstić information content (AvgIpc) is 3.31. The number of alkyl halides is 2. The molecule has 0 bridgehead atoms. The van der Waals surface area contributed by atoms with Crippen molar-refractivity contribution in [2.24, 2.45) is 0 Å². The number of carboxylic acid groups (broad SMARTS) is 1. The largest absolute Gasteiger partial charge is 1.00 e. The smallest absolute Gasteiger partial charge is 1.00 e. The van der Waals surface area contributed by atoms with Gasteiger partial charge in [0, 0.05) is 18.3 Å². The molecule has 2 aromatic carbocycles. The van der Waals surface area contributed by atoms with Crippen LogP contribution in [-0.4, -0.2) is 65.1 Å². The molecule has 2 heterocycles. The van der Waals surface area contributed by atoms with Crippen LogP contribution in [0.4, 0.5) is 8.78 Å². The van der Waals surface area contributed by atoms with Crippen molar-refractivity contribution in [3.8, 4) is 23.0 Å². The van der Waals surface area contributed by atoms with Crippen LogP contribution >= 0.6 is 0 Å². The van der Waals surface area contributed by atoms with Crippen molar-refractivity contribution in [2.75, 3.05) is 20.8 Å². The van der Waals surface area contributed by atoms with E-state index in [4.69, 9.17) is 19.3 Å². The number of halogens is 2. The molecule has 0 amide bonds. The molecule has 0 radical (unpaired) electrons. The Balaban J connectivity index is 0.00000308. The Labute approximate surface area is 258 Å². The van der Waals surface area contributed by atoms with Gasteiger partial charge in [-0.15, -0.1) is 0 Å². The first-order valence-corrected chi connectivity index (χ1v) is 13.9. The van der Waals surface area contributed by atoms with Crippen LogP contribution in [0.5, 0.6) is 23.0 Å². The fraction of sp³-hybridized carbons (Fsp3) is 0.208. The van der Waals surface area contributed by atoms with Gasteiger partial charge in [0.15, 0.2) is 18.1 Å². The summed E-state index contributed by atoms with van der Waals surface area (Å²) in [6.45, 7) is -3.82. The quantitative estimate of drug-likeness (QED) is 0.215. The normalized spacial score (nSPS) is 12.0. The Morgan fingerprint density at radius 3 is 2.39 bits per heavy atom. The van der Waals surface area contributed by atoms with E-state index < -0.39 is 45.2 Å². The minimum Gasteiger partial charge on any atom is -1.00 e. The van der Waals surface area contributed by atoms with E-state index in [2.05, 4.69) is 14.7 Å². The molecule has 17 heteroatoms. The van der Waals surface area contributed by atoms with Gasteiger partial charge in [0.25, 0.3) is 10.0 Å². The molecule has 1 N–H and O–H groups in total. The molecule has 4 rings (SSSR count). The Hall–Kier alpha value is -3.31. The van der Waals surface area contributed by atoms with Crippen LogP contribution in [0, 0.1) is 0 Å². The minimum absolute atomic E-state index is 0. The molecule has 1 unspecified atom stereocenters. The van der Waals surface area contributed by atoms with Gasteiger partial charge in [-0.25, -0.2) is 22.2 Å². The minimum atomic E-state index is -4.54. The van der Waals surface area contributed by atoms with Crippen LogP contribution < -0.4 is 48.5 Å². The first-order chi connectivity index (χ1) is 19.0. The van der Waals surface area contributed by atoms with Crippen LogP contribution in [0.1, 0.15) is 7.12 Å². The fourth-order valence-electron chi connectivity index (χ4n) is 3.66. The molecule has 0 aliphatic carbocycles. The molecule has 1 atom stereocenters. The van der Waals surface area contributed by atoms with E-state index in [0.29, 0.717) is 9.72 Å². The number of hydrogen-bond acceptors (Lipinski definition) is 10. The van der Waals surface area contributed by atoms with Gasteiger partial charge in [0.2, 0.25) is 5.16 Å². The number of pyridine rings is 1. The molecule has 2 aromatic heterocycles. The summed E-state index contributed by atoms with van der Waals surface area (Å²) in [5, 5.41) is 8.36. The number of carboxylic acids is 1. The fourth-order valence-corrected chi connectivity index (χ4v) is 6.62. The molecular weight excluding hydrogens is 599 g/mol. The monoisotopic (exact) mass is 621 g/mol. The number of nitrogens with zero attached hydrogens (tertiary/aromatic N) is 3. The van der Waals surface area contributed by atoms with Gasteiger partial charge in [-0.2, -0.15) is 8.78 Å². The molecule has 0 aliphatic heterocycles. The van der Waals surface area contributed by atoms with E-state index in [1.807, 2.05) is 0 Å². The van der Waals surface area contributed by atoms with E-state index in [-0.39, 0.29) is 75.6 Å². The van der Waals surface area contributed by atoms with Crippen molar-refractivity contribution in [1.82, 2.24) is 13.9 Å². The van der Waals surface area contributed by atoms with Crippen LogP contribution in [0.2, 0.25) is 0 Å². The van der Waals surface area contributed by atoms with E-state index >= 15 is 0 Å². The summed E-state index contributed by atoms with van der Waals surface area (Å²) < 4.78 is 87.8. The predicted octanol–water partition coefficient (Wildman–Crippen LogP) is 0.175. The number of aliphatic carboxylic acids is 1. The summed E-state index contributed by atoms with van der Waals surface area (Å²) in [6.07, 6.45) is 1.40. The van der Waals surface area contributed by atoms with Gasteiger partial charge in [-0.05, 0) is 36.4 Å². The van der Waals surface area contributed by atoms with Crippen molar-refractivity contribution in [2.45, 2.75) is 22.4 Å². The molecule has 0 fully saturated rings. The molecule has 41 heavy (non-hydrogen) atoms. The Morgan fingerprint density at radius 2 is 1.78 bits per heavy atom. The second kappa shape index (κ2) is 13.6. The predicted molar refractivity (Wildman–Crippen MR) is 137 cm³/mol. The molecule has 0 saturated carbocycles. The maximum absolute atomic E-state index is 13.8. The van der Waals surface area contributed by atoms with Crippen molar-refractivity contribution < 1.29 is 81.2 Å². The van der Waals surface area contributed by atoms with Gasteiger partial charge >= 0.3 is 42.1 Å². The van der Waals surface area contributed by atoms with E-state index in [0.717, 1.165) is 18.2 Å². The molecular formula is C24H22F2N3NaO9S2. The van der Waals surface area contributed by atoms with Crippen LogP contribution in [0.3, 0.4) is 0 Å². The zero-order valence-corrected chi connectivity index (χ0v) is 25.4. The summed E-state index contributed by atoms with van der Waals surface area (Å²) in [5.74, 6) is -1.31. The first kappa shape index (κ1) is 32.2. The third-order valence-electron chi connectivity index (χ3n) is 5.34. The van der Waals surface area contributed by atoms with Crippen molar-refractivity contribution in [3.05, 3.63) is 60.4 Å². The summed E-state index contributed by atoms with van der Waals surface area (Å²) in [7, 11) is -3.93. The zero-order chi connectivity index (χ0) is 29.0. The number of methoxy groups -OCH3 is 2. The van der Waals surface area contributed by atoms with E-state index in [1.54, 1.807) is 0 Å². The molecule has 4 aromatic rings. The molecule has 12 nitrogen and oxygen atoms in total. The van der Waals surface area contributed by atoms with Crippen molar-refractivity contribution in [1.29, 1.82) is 0 Å². The number of ether oxygens (including phenoxy) is 4. The number of aromatic nitrogens is 3. The van der Waals surface area contributed by atoms with E-state index in [1.165, 1.54) is 50.7 Å². The number of hydrogen-bond donors (Lipinski definition) is 1. The van der Waals surface area contributed by atoms with Gasteiger partial charge in [0.1, 0.15) is 11.5 Å². The maximum atomic E-state index is 13.8. The number of benzene rings is 2. The zero-order valence-electron chi connectivity index (χ0n) is 22.8.